The number of benzene rings is 4. The summed E-state index contributed by atoms with van der Waals surface area (Å²) in [5.41, 5.74) is 17.5. The summed E-state index contributed by atoms with van der Waals surface area (Å²) < 4.78 is 43.4. The van der Waals surface area contributed by atoms with Crippen molar-refractivity contribution >= 4 is 46.9 Å². The van der Waals surface area contributed by atoms with E-state index in [1.54, 1.807) is 61.0 Å². The fourth-order valence-electron chi connectivity index (χ4n) is 12.0. The van der Waals surface area contributed by atoms with Gasteiger partial charge in [0.05, 0.1) is 42.1 Å². The van der Waals surface area contributed by atoms with E-state index in [9.17, 15) is 38.3 Å². The van der Waals surface area contributed by atoms with Crippen molar-refractivity contribution in [3.63, 3.8) is 0 Å². The first-order valence-corrected chi connectivity index (χ1v) is 32.7. The Balaban J connectivity index is 0.000000240. The van der Waals surface area contributed by atoms with Gasteiger partial charge in [-0.1, -0.05) is 87.3 Å². The van der Waals surface area contributed by atoms with Crippen LogP contribution in [0.25, 0.3) is 22.3 Å². The average molecular weight is 1290 g/mol. The van der Waals surface area contributed by atoms with Crippen molar-refractivity contribution in [3.05, 3.63) is 183 Å². The molecule has 0 radical (unpaired) electrons. The van der Waals surface area contributed by atoms with E-state index in [0.717, 1.165) is 113 Å². The van der Waals surface area contributed by atoms with Gasteiger partial charge in [0.2, 0.25) is 0 Å². The quantitative estimate of drug-likeness (QED) is 0.0491. The number of aryl methyl sites for hydroxylation is 6. The molecule has 14 nitrogen and oxygen atoms in total. The van der Waals surface area contributed by atoms with Crippen LogP contribution < -0.4 is 16.9 Å². The Hall–Kier alpha value is -6.82. The van der Waals surface area contributed by atoms with Gasteiger partial charge in [-0.15, -0.1) is 0 Å². The smallest absolute Gasteiger partial charge is 0.326 e. The Morgan fingerprint density at radius 3 is 1.36 bits per heavy atom. The molecule has 6 aromatic rings. The molecule has 2 fully saturated rings. The number of halogens is 4. The lowest BCUT2D eigenvalue weighted by molar-refractivity contribution is -0.144. The number of carbonyl (C=O) groups excluding carboxylic acids is 3. The van der Waals surface area contributed by atoms with Crippen molar-refractivity contribution in [1.29, 1.82) is 0 Å². The third-order valence-corrected chi connectivity index (χ3v) is 17.7. The first-order chi connectivity index (χ1) is 43.1. The highest BCUT2D eigenvalue weighted by molar-refractivity contribution is 6.31. The second-order valence-electron chi connectivity index (χ2n) is 25.2. The minimum absolute atomic E-state index is 0.00976. The summed E-state index contributed by atoms with van der Waals surface area (Å²) >= 11 is 12.5. The molecule has 2 saturated heterocycles. The SMILES string of the molecule is CCOC(=O)C[C@H](CC(=O)C(CC(C)C)n1cc(CCN2CCC2)c(C)cc1=O)c1cc(-c2c(C)cccc2C)cc(Cl)c1F.CCOC(=O)C[C@H](N)c1cc(-c2c(C)cccc2C)cc(Cl)c1F.Cc1cc(=O)n(C(CC(C)C)C(=O)O)cc1CCN1CCC1. The highest BCUT2D eigenvalue weighted by Crippen LogP contribution is 2.39. The summed E-state index contributed by atoms with van der Waals surface area (Å²) in [4.78, 5) is 80.6. The van der Waals surface area contributed by atoms with Crippen molar-refractivity contribution in [2.24, 2.45) is 17.6 Å². The second kappa shape index (κ2) is 34.2. The van der Waals surface area contributed by atoms with Crippen LogP contribution in [-0.4, -0.2) is 100 Å². The lowest BCUT2D eigenvalue weighted by Gasteiger charge is -2.31. The molecule has 8 rings (SSSR count). The molecular formula is C73H93Cl2F2N5O9. The molecule has 4 atom stereocenters. The zero-order valence-corrected chi connectivity index (χ0v) is 56.7. The predicted molar refractivity (Wildman–Crippen MR) is 359 cm³/mol. The van der Waals surface area contributed by atoms with Gasteiger partial charge in [0.1, 0.15) is 17.7 Å². The zero-order chi connectivity index (χ0) is 67.0. The number of carbonyl (C=O) groups is 4. The number of aromatic nitrogens is 2. The number of ether oxygens (including phenoxy) is 2. The van der Waals surface area contributed by atoms with E-state index < -0.39 is 53.6 Å². The molecule has 2 aliphatic heterocycles. The van der Waals surface area contributed by atoms with Gasteiger partial charge in [-0.25, -0.2) is 13.6 Å². The van der Waals surface area contributed by atoms with E-state index in [4.69, 9.17) is 38.4 Å². The van der Waals surface area contributed by atoms with Crippen LogP contribution in [0.5, 0.6) is 0 Å². The minimum atomic E-state index is -0.937. The van der Waals surface area contributed by atoms with Gasteiger partial charge in [0.15, 0.2) is 5.78 Å². The number of rotatable bonds is 26. The lowest BCUT2D eigenvalue weighted by atomic mass is 9.84. The van der Waals surface area contributed by atoms with Gasteiger partial charge in [-0.05, 0) is 229 Å². The van der Waals surface area contributed by atoms with E-state index in [2.05, 4.69) is 9.80 Å². The number of hydrogen-bond donors (Lipinski definition) is 2. The minimum Gasteiger partial charge on any atom is -0.480 e. The summed E-state index contributed by atoms with van der Waals surface area (Å²) in [7, 11) is 0. The topological polar surface area (TPSA) is 183 Å². The standard InChI is InChI=1S/C37H46ClFN2O4.C19H21ClFNO2.C17H26N2O3/c1-7-45-35(44)21-28(30-18-29(19-31(38)37(30)39)36-24(4)10-8-11-25(36)5)20-33(42)32(16-23(2)3)41-22-27(26(6)17-34(41)43)12-15-40-13-9-14-40;1-4-24-17(23)10-16(22)14-8-13(9-15(20)19(14)21)18-11(2)6-5-7-12(18)3;1-12(2)9-15(17(21)22)19-11-14(13(3)10-16(19)20)5-8-18-6-4-7-18/h8,10-11,17-19,22-23,28,32H,7,9,12-16,20-21H2,1-6H3;5-9,16H,4,10,22H2,1-3H3;10-12,15H,4-9H2,1-3H3,(H,21,22)/t28-,32?;16-;/m00./s1. The van der Waals surface area contributed by atoms with Crippen LogP contribution in [0.15, 0.2) is 94.8 Å². The number of Topliss-reactive ketones (excluding diaryl/α,β-unsaturated/α-hetero) is 1. The van der Waals surface area contributed by atoms with E-state index in [-0.39, 0.29) is 82.4 Å². The number of pyridine rings is 2. The Labute approximate surface area is 546 Å². The third kappa shape index (κ3) is 20.1. The number of esters is 2. The number of hydrogen-bond acceptors (Lipinski definition) is 11. The maximum atomic E-state index is 15.9. The van der Waals surface area contributed by atoms with Gasteiger partial charge in [-0.3, -0.25) is 24.0 Å². The highest BCUT2D eigenvalue weighted by Gasteiger charge is 2.32. The molecule has 3 N–H and O–H groups in total. The number of aliphatic carboxylic acids is 1. The molecule has 0 spiro atoms. The maximum absolute atomic E-state index is 15.9. The fraction of sp³-hybridized carbons (Fsp3) is 0.479. The molecule has 4 aromatic carbocycles. The number of nitrogens with zero attached hydrogens (tertiary/aromatic N) is 4. The van der Waals surface area contributed by atoms with Gasteiger partial charge >= 0.3 is 17.9 Å². The first kappa shape index (κ1) is 73.2. The van der Waals surface area contributed by atoms with Gasteiger partial charge < -0.3 is 39.2 Å². The molecule has 18 heteroatoms. The van der Waals surface area contributed by atoms with E-state index in [1.807, 2.05) is 112 Å². The fourth-order valence-corrected chi connectivity index (χ4v) is 12.4. The molecule has 0 bridgehead atoms. The Morgan fingerprint density at radius 2 is 0.967 bits per heavy atom. The summed E-state index contributed by atoms with van der Waals surface area (Å²) in [5.74, 6) is -3.91. The summed E-state index contributed by atoms with van der Waals surface area (Å²) in [6, 6.07) is 19.2. The van der Waals surface area contributed by atoms with Crippen LogP contribution in [0.4, 0.5) is 8.78 Å². The molecule has 2 aliphatic rings. The molecular weight excluding hydrogens is 1200 g/mol. The van der Waals surface area contributed by atoms with Crippen molar-refractivity contribution < 1.29 is 42.5 Å². The second-order valence-corrected chi connectivity index (χ2v) is 26.0. The van der Waals surface area contributed by atoms with E-state index >= 15 is 4.39 Å². The van der Waals surface area contributed by atoms with Crippen molar-refractivity contribution in [1.82, 2.24) is 18.9 Å². The van der Waals surface area contributed by atoms with Crippen LogP contribution in [0.3, 0.4) is 0 Å². The monoisotopic (exact) mass is 1290 g/mol. The van der Waals surface area contributed by atoms with Crippen molar-refractivity contribution in [2.75, 3.05) is 52.5 Å². The average Bonchev–Trinajstić information content (AvgIpc) is 0.878. The molecule has 4 heterocycles. The molecule has 492 valence electrons. The third-order valence-electron chi connectivity index (χ3n) is 17.2. The number of likely N-dealkylation sites (tertiary alicyclic amines) is 2. The van der Waals surface area contributed by atoms with Crippen LogP contribution in [0.1, 0.15) is 166 Å². The molecule has 0 saturated carbocycles. The van der Waals surface area contributed by atoms with Gasteiger partial charge in [-0.2, -0.15) is 0 Å². The number of ketones is 1. The summed E-state index contributed by atoms with van der Waals surface area (Å²) in [6.45, 7) is 29.9. The van der Waals surface area contributed by atoms with Crippen LogP contribution in [0, 0.1) is 65.0 Å². The summed E-state index contributed by atoms with van der Waals surface area (Å²) in [6.07, 6.45) is 8.16. The van der Waals surface area contributed by atoms with Crippen LogP contribution >= 0.6 is 23.2 Å². The van der Waals surface area contributed by atoms with Crippen LogP contribution in [0.2, 0.25) is 10.0 Å². The predicted octanol–water partition coefficient (Wildman–Crippen LogP) is 14.6. The maximum Gasteiger partial charge on any atom is 0.326 e. The molecule has 91 heavy (non-hydrogen) atoms. The van der Waals surface area contributed by atoms with Crippen LogP contribution in [-0.2, 0) is 41.5 Å². The highest BCUT2D eigenvalue weighted by atomic mass is 35.5. The number of nitrogens with two attached hydrogens (primary N) is 1. The van der Waals surface area contributed by atoms with E-state index in [1.165, 1.54) is 17.4 Å². The van der Waals surface area contributed by atoms with Gasteiger partial charge in [0, 0.05) is 61.6 Å². The molecule has 2 unspecified atom stereocenters. The normalized spacial score (nSPS) is 14.5. The van der Waals surface area contributed by atoms with E-state index in [0.29, 0.717) is 18.4 Å². The van der Waals surface area contributed by atoms with Crippen molar-refractivity contribution in [3.8, 4) is 22.3 Å². The molecule has 2 aromatic heterocycles. The van der Waals surface area contributed by atoms with Crippen molar-refractivity contribution in [2.45, 2.75) is 165 Å². The number of carboxylic acid groups (broad SMARTS) is 1. The first-order valence-electron chi connectivity index (χ1n) is 31.9. The largest absolute Gasteiger partial charge is 0.480 e. The Morgan fingerprint density at radius 1 is 0.571 bits per heavy atom. The molecule has 0 amide bonds. The number of carboxylic acids is 1. The van der Waals surface area contributed by atoms with Gasteiger partial charge in [0.25, 0.3) is 11.1 Å². The Kier molecular flexibility index (Phi) is 27.5. The Bertz CT molecular complexity index is 3610. The molecule has 0 aliphatic carbocycles. The lowest BCUT2D eigenvalue weighted by Crippen LogP contribution is -2.38. The summed E-state index contributed by atoms with van der Waals surface area (Å²) in [5, 5.41) is 9.37. The zero-order valence-electron chi connectivity index (χ0n) is 55.2.